The number of hydrogen-bond acceptors (Lipinski definition) is 5. The molecule has 0 radical (unpaired) electrons. The van der Waals surface area contributed by atoms with Crippen LogP contribution >= 0.6 is 11.3 Å². The Bertz CT molecular complexity index is 951. The molecule has 0 saturated carbocycles. The summed E-state index contributed by atoms with van der Waals surface area (Å²) in [6, 6.07) is 0. The Morgan fingerprint density at radius 3 is 2.90 bits per heavy atom. The molecule has 1 saturated heterocycles. The summed E-state index contributed by atoms with van der Waals surface area (Å²) in [5.41, 5.74) is 1.41. The van der Waals surface area contributed by atoms with E-state index in [4.69, 9.17) is 9.72 Å². The first kappa shape index (κ1) is 20.5. The average molecular weight is 418 g/mol. The fourth-order valence-corrected chi connectivity index (χ4v) is 5.76. The SMILES string of the molecule is CC(C)(C)C1CCc2c(sc3nc(CCC(=O)NCC4CCCO4)[nH]c(=O)c23)C1. The molecule has 2 N–H and O–H groups in total. The van der Waals surface area contributed by atoms with Gasteiger partial charge >= 0.3 is 0 Å². The minimum Gasteiger partial charge on any atom is -0.376 e. The van der Waals surface area contributed by atoms with Gasteiger partial charge in [-0.15, -0.1) is 11.3 Å². The van der Waals surface area contributed by atoms with Gasteiger partial charge in [-0.1, -0.05) is 20.8 Å². The van der Waals surface area contributed by atoms with Gasteiger partial charge in [-0.05, 0) is 49.0 Å². The number of aryl methyl sites for hydroxylation is 2. The second-order valence-corrected chi connectivity index (χ2v) is 10.5. The smallest absolute Gasteiger partial charge is 0.259 e. The van der Waals surface area contributed by atoms with Crippen LogP contribution in [0.2, 0.25) is 0 Å². The summed E-state index contributed by atoms with van der Waals surface area (Å²) >= 11 is 1.66. The molecule has 1 fully saturated rings. The minimum atomic E-state index is -0.0588. The highest BCUT2D eigenvalue weighted by atomic mass is 32.1. The number of carbonyl (C=O) groups is 1. The predicted octanol–water partition coefficient (Wildman–Crippen LogP) is 3.36. The first-order valence-electron chi connectivity index (χ1n) is 10.7. The maximum absolute atomic E-state index is 12.7. The molecule has 2 aliphatic rings. The Hall–Kier alpha value is -1.73. The number of aromatic nitrogens is 2. The lowest BCUT2D eigenvalue weighted by molar-refractivity contribution is -0.121. The van der Waals surface area contributed by atoms with Crippen molar-refractivity contribution in [3.05, 3.63) is 26.6 Å². The van der Waals surface area contributed by atoms with Crippen LogP contribution in [0, 0.1) is 11.3 Å². The number of nitrogens with zero attached hydrogens (tertiary/aromatic N) is 1. The van der Waals surface area contributed by atoms with E-state index in [0.29, 0.717) is 31.1 Å². The van der Waals surface area contributed by atoms with E-state index in [1.54, 1.807) is 11.3 Å². The van der Waals surface area contributed by atoms with Crippen molar-refractivity contribution in [3.63, 3.8) is 0 Å². The van der Waals surface area contributed by atoms with E-state index in [1.807, 2.05) is 0 Å². The number of nitrogens with one attached hydrogen (secondary N) is 2. The highest BCUT2D eigenvalue weighted by Gasteiger charge is 2.31. The number of carbonyl (C=O) groups excluding carboxylic acids is 1. The molecule has 2 aromatic heterocycles. The first-order valence-corrected chi connectivity index (χ1v) is 11.5. The summed E-state index contributed by atoms with van der Waals surface area (Å²) in [5, 5.41) is 3.69. The van der Waals surface area contributed by atoms with Gasteiger partial charge in [0.05, 0.1) is 11.5 Å². The quantitative estimate of drug-likeness (QED) is 0.781. The fourth-order valence-electron chi connectivity index (χ4n) is 4.44. The maximum atomic E-state index is 12.7. The number of H-pyrrole nitrogens is 1. The first-order chi connectivity index (χ1) is 13.8. The van der Waals surface area contributed by atoms with Crippen LogP contribution < -0.4 is 10.9 Å². The Labute approximate surface area is 175 Å². The molecule has 2 unspecified atom stereocenters. The third-order valence-corrected chi connectivity index (χ3v) is 7.48. The van der Waals surface area contributed by atoms with Gasteiger partial charge in [-0.25, -0.2) is 4.98 Å². The molecule has 158 valence electrons. The fraction of sp³-hybridized carbons (Fsp3) is 0.682. The van der Waals surface area contributed by atoms with Crippen molar-refractivity contribution in [2.45, 2.75) is 71.8 Å². The highest BCUT2D eigenvalue weighted by Crippen LogP contribution is 2.41. The van der Waals surface area contributed by atoms with Crippen molar-refractivity contribution in [2.75, 3.05) is 13.2 Å². The van der Waals surface area contributed by atoms with Crippen LogP contribution in [0.25, 0.3) is 10.2 Å². The minimum absolute atomic E-state index is 0.0262. The van der Waals surface area contributed by atoms with Gasteiger partial charge in [0.25, 0.3) is 5.56 Å². The van der Waals surface area contributed by atoms with E-state index in [0.717, 1.165) is 48.9 Å². The Morgan fingerprint density at radius 1 is 1.34 bits per heavy atom. The van der Waals surface area contributed by atoms with Crippen molar-refractivity contribution in [1.82, 2.24) is 15.3 Å². The molecule has 29 heavy (non-hydrogen) atoms. The van der Waals surface area contributed by atoms with Crippen LogP contribution in [-0.2, 0) is 28.8 Å². The van der Waals surface area contributed by atoms with E-state index < -0.39 is 0 Å². The summed E-state index contributed by atoms with van der Waals surface area (Å²) < 4.78 is 5.53. The Kier molecular flexibility index (Phi) is 5.80. The van der Waals surface area contributed by atoms with Gasteiger partial charge in [-0.3, -0.25) is 9.59 Å². The van der Waals surface area contributed by atoms with Crippen LogP contribution in [0.15, 0.2) is 4.79 Å². The lowest BCUT2D eigenvalue weighted by Crippen LogP contribution is -2.32. The molecule has 2 atom stereocenters. The van der Waals surface area contributed by atoms with Crippen LogP contribution in [0.4, 0.5) is 0 Å². The third-order valence-electron chi connectivity index (χ3n) is 6.33. The zero-order valence-corrected chi connectivity index (χ0v) is 18.4. The molecule has 0 bridgehead atoms. The zero-order valence-electron chi connectivity index (χ0n) is 17.6. The van der Waals surface area contributed by atoms with Crippen molar-refractivity contribution in [3.8, 4) is 0 Å². The highest BCUT2D eigenvalue weighted by molar-refractivity contribution is 7.18. The van der Waals surface area contributed by atoms with Crippen LogP contribution in [-0.4, -0.2) is 35.1 Å². The van der Waals surface area contributed by atoms with E-state index in [-0.39, 0.29) is 23.0 Å². The second-order valence-electron chi connectivity index (χ2n) is 9.44. The summed E-state index contributed by atoms with van der Waals surface area (Å²) in [4.78, 5) is 34.6. The third kappa shape index (κ3) is 4.56. The molecular weight excluding hydrogens is 386 g/mol. The van der Waals surface area contributed by atoms with Crippen LogP contribution in [0.3, 0.4) is 0 Å². The lowest BCUT2D eigenvalue weighted by atomic mass is 9.72. The molecule has 1 aliphatic carbocycles. The predicted molar refractivity (Wildman–Crippen MR) is 116 cm³/mol. The van der Waals surface area contributed by atoms with E-state index in [1.165, 1.54) is 10.4 Å². The molecule has 1 amide bonds. The number of aromatic amines is 1. The lowest BCUT2D eigenvalue weighted by Gasteiger charge is -2.33. The summed E-state index contributed by atoms with van der Waals surface area (Å²) in [6.45, 7) is 8.23. The summed E-state index contributed by atoms with van der Waals surface area (Å²) in [5.74, 6) is 1.21. The topological polar surface area (TPSA) is 84.1 Å². The molecule has 7 heteroatoms. The number of hydrogen-bond donors (Lipinski definition) is 2. The molecule has 1 aliphatic heterocycles. The number of thiophene rings is 1. The maximum Gasteiger partial charge on any atom is 0.259 e. The largest absolute Gasteiger partial charge is 0.376 e. The normalized spacial score (nSPS) is 22.0. The molecule has 3 heterocycles. The van der Waals surface area contributed by atoms with Gasteiger partial charge in [0.2, 0.25) is 5.91 Å². The van der Waals surface area contributed by atoms with Crippen molar-refractivity contribution < 1.29 is 9.53 Å². The van der Waals surface area contributed by atoms with Crippen molar-refractivity contribution in [2.24, 2.45) is 11.3 Å². The average Bonchev–Trinajstić information content (AvgIpc) is 3.30. The monoisotopic (exact) mass is 417 g/mol. The van der Waals surface area contributed by atoms with Crippen LogP contribution in [0.1, 0.15) is 62.7 Å². The molecule has 0 aromatic carbocycles. The summed E-state index contributed by atoms with van der Waals surface area (Å²) in [7, 11) is 0. The summed E-state index contributed by atoms with van der Waals surface area (Å²) in [6.07, 6.45) is 6.07. The van der Waals surface area contributed by atoms with Gasteiger partial charge in [0.15, 0.2) is 0 Å². The molecule has 2 aromatic rings. The molecule has 6 nitrogen and oxygen atoms in total. The van der Waals surface area contributed by atoms with Gasteiger partial charge in [0.1, 0.15) is 10.7 Å². The Balaban J connectivity index is 1.44. The Morgan fingerprint density at radius 2 is 2.17 bits per heavy atom. The second kappa shape index (κ2) is 8.19. The molecule has 4 rings (SSSR count). The zero-order chi connectivity index (χ0) is 20.6. The molecule has 0 spiro atoms. The number of amides is 1. The standard InChI is InChI=1S/C22H31N3O3S/c1-22(2,3)13-6-7-15-16(11-13)29-21-19(15)20(27)24-17(25-21)8-9-18(26)23-12-14-5-4-10-28-14/h13-14H,4-12H2,1-3H3,(H,23,26)(H,24,25,27). The molecular formula is C22H31N3O3S. The van der Waals surface area contributed by atoms with Crippen molar-refractivity contribution >= 4 is 27.5 Å². The van der Waals surface area contributed by atoms with Gasteiger partial charge in [-0.2, -0.15) is 0 Å². The number of rotatable bonds is 5. The van der Waals surface area contributed by atoms with E-state index >= 15 is 0 Å². The van der Waals surface area contributed by atoms with Gasteiger partial charge in [0, 0.05) is 30.9 Å². The van der Waals surface area contributed by atoms with Gasteiger partial charge < -0.3 is 15.0 Å². The number of fused-ring (bicyclic) bond motifs is 3. The van der Waals surface area contributed by atoms with Crippen molar-refractivity contribution in [1.29, 1.82) is 0 Å². The van der Waals surface area contributed by atoms with Crippen LogP contribution in [0.5, 0.6) is 0 Å². The van der Waals surface area contributed by atoms with E-state index in [9.17, 15) is 9.59 Å². The number of ether oxygens (including phenoxy) is 1. The van der Waals surface area contributed by atoms with E-state index in [2.05, 4.69) is 31.1 Å².